The van der Waals surface area contributed by atoms with Gasteiger partial charge in [-0.2, -0.15) is 0 Å². The van der Waals surface area contributed by atoms with Gasteiger partial charge in [0.2, 0.25) is 0 Å². The van der Waals surface area contributed by atoms with E-state index in [0.717, 1.165) is 37.5 Å². The van der Waals surface area contributed by atoms with Gasteiger partial charge < -0.3 is 15.7 Å². The van der Waals surface area contributed by atoms with Gasteiger partial charge in [0.15, 0.2) is 5.96 Å². The number of nitrogens with one attached hydrogen (secondary N) is 2. The van der Waals surface area contributed by atoms with Gasteiger partial charge in [-0.05, 0) is 43.0 Å². The lowest BCUT2D eigenvalue weighted by Crippen LogP contribution is -2.37. The summed E-state index contributed by atoms with van der Waals surface area (Å²) in [5.41, 5.74) is 2.43. The van der Waals surface area contributed by atoms with E-state index in [4.69, 9.17) is 0 Å². The lowest BCUT2D eigenvalue weighted by atomic mass is 10.1. The molecule has 0 heterocycles. The highest BCUT2D eigenvalue weighted by Gasteiger charge is 1.98. The summed E-state index contributed by atoms with van der Waals surface area (Å²) >= 11 is 0. The van der Waals surface area contributed by atoms with Crippen molar-refractivity contribution < 1.29 is 5.11 Å². The predicted octanol–water partition coefficient (Wildman–Crippen LogP) is 3.08. The van der Waals surface area contributed by atoms with Gasteiger partial charge in [0.25, 0.3) is 0 Å². The average molecular weight is 311 g/mol. The van der Waals surface area contributed by atoms with Crippen LogP contribution in [0.4, 0.5) is 0 Å². The van der Waals surface area contributed by atoms with Gasteiger partial charge in [-0.25, -0.2) is 4.99 Å². The van der Waals surface area contributed by atoms with Gasteiger partial charge in [0.05, 0.1) is 6.54 Å². The van der Waals surface area contributed by atoms with E-state index in [1.54, 1.807) is 12.1 Å². The van der Waals surface area contributed by atoms with Gasteiger partial charge >= 0.3 is 0 Å². The number of guanidine groups is 1. The molecule has 0 aliphatic rings. The van der Waals surface area contributed by atoms with Crippen LogP contribution in [0.25, 0.3) is 0 Å². The minimum Gasteiger partial charge on any atom is -0.508 e. The van der Waals surface area contributed by atoms with E-state index in [1.807, 2.05) is 18.2 Å². The molecule has 0 unspecified atom stereocenters. The maximum Gasteiger partial charge on any atom is 0.191 e. The molecule has 3 N–H and O–H groups in total. The number of aliphatic imine (C=N–C) groups is 1. The van der Waals surface area contributed by atoms with Crippen molar-refractivity contribution in [1.82, 2.24) is 10.6 Å². The van der Waals surface area contributed by atoms with Crippen molar-refractivity contribution in [1.29, 1.82) is 0 Å². The number of rotatable bonds is 7. The van der Waals surface area contributed by atoms with E-state index in [2.05, 4.69) is 46.8 Å². The monoisotopic (exact) mass is 311 g/mol. The van der Waals surface area contributed by atoms with E-state index in [9.17, 15) is 5.11 Å². The normalized spacial score (nSPS) is 11.3. The number of phenols is 1. The maximum atomic E-state index is 9.30. The number of aromatic hydroxyl groups is 1. The fourth-order valence-corrected chi connectivity index (χ4v) is 2.26. The van der Waals surface area contributed by atoms with Crippen LogP contribution in [0.15, 0.2) is 59.6 Å². The fraction of sp³-hybridized carbons (Fsp3) is 0.316. The number of nitrogens with zero attached hydrogens (tertiary/aromatic N) is 1. The van der Waals surface area contributed by atoms with Crippen LogP contribution >= 0.6 is 0 Å². The fourth-order valence-electron chi connectivity index (χ4n) is 2.26. The summed E-state index contributed by atoms with van der Waals surface area (Å²) in [6.45, 7) is 4.37. The molecule has 4 heteroatoms. The molecule has 4 nitrogen and oxygen atoms in total. The molecule has 0 aromatic heterocycles. The predicted molar refractivity (Wildman–Crippen MR) is 95.7 cm³/mol. The van der Waals surface area contributed by atoms with Crippen LogP contribution in [0.5, 0.6) is 5.75 Å². The maximum absolute atomic E-state index is 9.30. The van der Waals surface area contributed by atoms with Crippen LogP contribution in [0.3, 0.4) is 0 Å². The molecule has 0 saturated carbocycles. The first-order chi connectivity index (χ1) is 11.3. The summed E-state index contributed by atoms with van der Waals surface area (Å²) in [7, 11) is 0. The van der Waals surface area contributed by atoms with E-state index in [0.29, 0.717) is 6.54 Å². The number of phenolic OH excluding ortho intramolecular Hbond substituents is 1. The summed E-state index contributed by atoms with van der Waals surface area (Å²) in [5.74, 6) is 1.11. The van der Waals surface area contributed by atoms with Crippen molar-refractivity contribution >= 4 is 5.96 Å². The lowest BCUT2D eigenvalue weighted by molar-refractivity contribution is 0.475. The van der Waals surface area contributed by atoms with Crippen molar-refractivity contribution in [3.63, 3.8) is 0 Å². The molecule has 2 aromatic carbocycles. The molecule has 122 valence electrons. The first-order valence-electron chi connectivity index (χ1n) is 8.12. The summed E-state index contributed by atoms with van der Waals surface area (Å²) in [6, 6.07) is 17.7. The smallest absolute Gasteiger partial charge is 0.191 e. The first kappa shape index (κ1) is 16.9. The van der Waals surface area contributed by atoms with Crippen molar-refractivity contribution in [3.05, 3.63) is 65.7 Å². The minimum atomic E-state index is 0.281. The van der Waals surface area contributed by atoms with Gasteiger partial charge in [-0.3, -0.25) is 0 Å². The average Bonchev–Trinajstić information content (AvgIpc) is 2.59. The largest absolute Gasteiger partial charge is 0.508 e. The molecule has 0 spiro atoms. The lowest BCUT2D eigenvalue weighted by Gasteiger charge is -2.11. The molecule has 0 aliphatic carbocycles. The Labute approximate surface area is 138 Å². The molecule has 0 saturated heterocycles. The van der Waals surface area contributed by atoms with Crippen LogP contribution in [-0.2, 0) is 13.0 Å². The third-order valence-corrected chi connectivity index (χ3v) is 3.48. The van der Waals surface area contributed by atoms with E-state index in [1.165, 1.54) is 5.56 Å². The third kappa shape index (κ3) is 6.43. The minimum absolute atomic E-state index is 0.281. The summed E-state index contributed by atoms with van der Waals surface area (Å²) in [4.78, 5) is 4.57. The molecule has 0 bridgehead atoms. The van der Waals surface area contributed by atoms with Crippen LogP contribution in [0.2, 0.25) is 0 Å². The zero-order valence-corrected chi connectivity index (χ0v) is 13.6. The van der Waals surface area contributed by atoms with Crippen LogP contribution < -0.4 is 10.6 Å². The van der Waals surface area contributed by atoms with Crippen LogP contribution in [0.1, 0.15) is 24.5 Å². The molecule has 2 rings (SSSR count). The second-order valence-electron chi connectivity index (χ2n) is 5.38. The van der Waals surface area contributed by atoms with Crippen molar-refractivity contribution in [2.45, 2.75) is 26.3 Å². The zero-order chi connectivity index (χ0) is 16.3. The van der Waals surface area contributed by atoms with Crippen LogP contribution in [-0.4, -0.2) is 24.2 Å². The highest BCUT2D eigenvalue weighted by molar-refractivity contribution is 5.79. The molecular weight excluding hydrogens is 286 g/mol. The van der Waals surface area contributed by atoms with Crippen LogP contribution in [0, 0.1) is 0 Å². The summed E-state index contributed by atoms with van der Waals surface area (Å²) in [5, 5.41) is 15.9. The second-order valence-corrected chi connectivity index (χ2v) is 5.38. The second kappa shape index (κ2) is 9.51. The van der Waals surface area contributed by atoms with Crippen molar-refractivity contribution in [2.24, 2.45) is 4.99 Å². The Kier molecular flexibility index (Phi) is 6.98. The van der Waals surface area contributed by atoms with Gasteiger partial charge in [-0.1, -0.05) is 42.5 Å². The summed E-state index contributed by atoms with van der Waals surface area (Å²) < 4.78 is 0. The highest BCUT2D eigenvalue weighted by Crippen LogP contribution is 2.10. The number of aryl methyl sites for hydroxylation is 1. The molecule has 23 heavy (non-hydrogen) atoms. The van der Waals surface area contributed by atoms with Crippen molar-refractivity contribution in [3.8, 4) is 5.75 Å². The van der Waals surface area contributed by atoms with Gasteiger partial charge in [0.1, 0.15) is 5.75 Å². The molecule has 0 atom stereocenters. The first-order valence-corrected chi connectivity index (χ1v) is 8.12. The molecule has 2 aromatic rings. The Morgan fingerprint density at radius 3 is 2.39 bits per heavy atom. The Morgan fingerprint density at radius 2 is 1.70 bits per heavy atom. The third-order valence-electron chi connectivity index (χ3n) is 3.48. The van der Waals surface area contributed by atoms with E-state index < -0.39 is 0 Å². The number of hydrogen-bond donors (Lipinski definition) is 3. The standard InChI is InChI=1S/C19H25N3O/c1-2-20-19(22-15-17-10-12-18(23)13-11-17)21-14-6-9-16-7-4-3-5-8-16/h3-5,7-8,10-13,23H,2,6,9,14-15H2,1H3,(H2,20,21,22). The van der Waals surface area contributed by atoms with E-state index >= 15 is 0 Å². The summed E-state index contributed by atoms with van der Waals surface area (Å²) in [6.07, 6.45) is 2.12. The molecule has 0 radical (unpaired) electrons. The van der Waals surface area contributed by atoms with Gasteiger partial charge in [-0.15, -0.1) is 0 Å². The highest BCUT2D eigenvalue weighted by atomic mass is 16.3. The molecule has 0 fully saturated rings. The number of benzene rings is 2. The van der Waals surface area contributed by atoms with E-state index in [-0.39, 0.29) is 5.75 Å². The quantitative estimate of drug-likeness (QED) is 0.418. The Balaban J connectivity index is 1.78. The molecule has 0 amide bonds. The van der Waals surface area contributed by atoms with Crippen molar-refractivity contribution in [2.75, 3.05) is 13.1 Å². The number of hydrogen-bond acceptors (Lipinski definition) is 2. The Hall–Kier alpha value is -2.49. The topological polar surface area (TPSA) is 56.7 Å². The Morgan fingerprint density at radius 1 is 0.957 bits per heavy atom. The Bertz CT molecular complexity index is 594. The van der Waals surface area contributed by atoms with Gasteiger partial charge in [0, 0.05) is 13.1 Å². The molecule has 0 aliphatic heterocycles. The SMILES string of the molecule is CCNC(=NCc1ccc(O)cc1)NCCCc1ccccc1. The molecular formula is C19H25N3O. The zero-order valence-electron chi connectivity index (χ0n) is 13.6.